The first-order valence-electron chi connectivity index (χ1n) is 9.57. The van der Waals surface area contributed by atoms with Gasteiger partial charge >= 0.3 is 0 Å². The highest BCUT2D eigenvalue weighted by Gasteiger charge is 2.20. The second-order valence-electron chi connectivity index (χ2n) is 7.43. The van der Waals surface area contributed by atoms with Crippen molar-refractivity contribution < 1.29 is 4.52 Å². The molecule has 1 aliphatic rings. The van der Waals surface area contributed by atoms with Gasteiger partial charge in [0.1, 0.15) is 5.69 Å². The van der Waals surface area contributed by atoms with E-state index in [-0.39, 0.29) is 5.92 Å². The minimum Gasteiger partial charge on any atom is -0.370 e. The van der Waals surface area contributed by atoms with E-state index < -0.39 is 0 Å². The van der Waals surface area contributed by atoms with Gasteiger partial charge in [-0.25, -0.2) is 0 Å². The van der Waals surface area contributed by atoms with Gasteiger partial charge in [0.05, 0.1) is 17.6 Å². The zero-order valence-electron chi connectivity index (χ0n) is 16.4. The Balaban J connectivity index is 1.49. The van der Waals surface area contributed by atoms with E-state index in [0.717, 1.165) is 36.6 Å². The van der Waals surface area contributed by atoms with Gasteiger partial charge in [0, 0.05) is 31.7 Å². The quantitative estimate of drug-likeness (QED) is 0.689. The Kier molecular flexibility index (Phi) is 4.68. The Morgan fingerprint density at radius 1 is 1.19 bits per heavy atom. The maximum absolute atomic E-state index is 5.53. The average molecular weight is 366 g/mol. The molecule has 4 rings (SSSR count). The number of aryl methyl sites for hydroxylation is 2. The molecule has 27 heavy (non-hydrogen) atoms. The van der Waals surface area contributed by atoms with Gasteiger partial charge in [-0.15, -0.1) is 0 Å². The van der Waals surface area contributed by atoms with E-state index in [2.05, 4.69) is 45.0 Å². The molecule has 1 saturated heterocycles. The summed E-state index contributed by atoms with van der Waals surface area (Å²) in [6.45, 7) is 8.45. The fourth-order valence-corrected chi connectivity index (χ4v) is 3.73. The Bertz CT molecular complexity index is 921. The summed E-state index contributed by atoms with van der Waals surface area (Å²) in [5.41, 5.74) is 5.39. The van der Waals surface area contributed by atoms with E-state index in [9.17, 15) is 0 Å². The van der Waals surface area contributed by atoms with Crippen molar-refractivity contribution in [3.63, 3.8) is 0 Å². The van der Waals surface area contributed by atoms with Gasteiger partial charge in [0.25, 0.3) is 0 Å². The first-order chi connectivity index (χ1) is 13.0. The van der Waals surface area contributed by atoms with Gasteiger partial charge in [-0.05, 0) is 50.8 Å². The zero-order chi connectivity index (χ0) is 19.0. The molecule has 0 bridgehead atoms. The van der Waals surface area contributed by atoms with Crippen molar-refractivity contribution in [3.05, 3.63) is 41.2 Å². The van der Waals surface area contributed by atoms with E-state index in [1.54, 1.807) is 0 Å². The van der Waals surface area contributed by atoms with Crippen molar-refractivity contribution >= 4 is 5.69 Å². The molecule has 4 heterocycles. The van der Waals surface area contributed by atoms with Crippen LogP contribution in [0.1, 0.15) is 48.5 Å². The van der Waals surface area contributed by atoms with E-state index in [1.807, 2.05) is 30.9 Å². The second kappa shape index (κ2) is 7.13. The highest BCUT2D eigenvalue weighted by Crippen LogP contribution is 2.26. The summed E-state index contributed by atoms with van der Waals surface area (Å²) in [4.78, 5) is 11.5. The van der Waals surface area contributed by atoms with E-state index in [0.29, 0.717) is 11.7 Å². The maximum Gasteiger partial charge on any atom is 0.230 e. The number of nitrogens with zero attached hydrogens (tertiary/aromatic N) is 6. The molecular weight excluding hydrogens is 340 g/mol. The first kappa shape index (κ1) is 17.7. The number of rotatable bonds is 5. The topological polar surface area (TPSA) is 72.9 Å². The molecule has 0 aromatic carbocycles. The zero-order valence-corrected chi connectivity index (χ0v) is 16.4. The molecule has 1 unspecified atom stereocenters. The summed E-state index contributed by atoms with van der Waals surface area (Å²) in [6.07, 6.45) is 5.24. The third-order valence-corrected chi connectivity index (χ3v) is 5.48. The standard InChI is InChI=1S/C20H26N6O/c1-13(11-17-14(2)23-25(4)15(17)3)20-22-19(24-27-20)18-8-7-16(12-21-18)26-9-5-6-10-26/h7-8,12-13H,5-6,9-11H2,1-4H3. The molecule has 3 aromatic heterocycles. The van der Waals surface area contributed by atoms with Crippen LogP contribution in [-0.4, -0.2) is 38.0 Å². The van der Waals surface area contributed by atoms with Crippen LogP contribution in [0.2, 0.25) is 0 Å². The molecule has 0 saturated carbocycles. The Morgan fingerprint density at radius 3 is 2.59 bits per heavy atom. The molecule has 0 amide bonds. The number of aromatic nitrogens is 5. The van der Waals surface area contributed by atoms with Gasteiger partial charge in [-0.1, -0.05) is 12.1 Å². The van der Waals surface area contributed by atoms with Crippen LogP contribution in [0.3, 0.4) is 0 Å². The van der Waals surface area contributed by atoms with Crippen LogP contribution < -0.4 is 4.90 Å². The number of pyridine rings is 1. The summed E-state index contributed by atoms with van der Waals surface area (Å²) in [7, 11) is 1.97. The van der Waals surface area contributed by atoms with Crippen LogP contribution in [0.5, 0.6) is 0 Å². The predicted molar refractivity (Wildman–Crippen MR) is 104 cm³/mol. The Morgan fingerprint density at radius 2 is 1.96 bits per heavy atom. The van der Waals surface area contributed by atoms with Crippen molar-refractivity contribution in [2.45, 2.75) is 46.0 Å². The normalized spacial score (nSPS) is 15.5. The molecule has 142 valence electrons. The lowest BCUT2D eigenvalue weighted by atomic mass is 9.99. The van der Waals surface area contributed by atoms with Crippen LogP contribution >= 0.6 is 0 Å². The van der Waals surface area contributed by atoms with Crippen molar-refractivity contribution in [1.29, 1.82) is 0 Å². The lowest BCUT2D eigenvalue weighted by Crippen LogP contribution is -2.17. The van der Waals surface area contributed by atoms with Gasteiger partial charge in [0.2, 0.25) is 11.7 Å². The molecule has 1 atom stereocenters. The highest BCUT2D eigenvalue weighted by molar-refractivity contribution is 5.54. The van der Waals surface area contributed by atoms with Crippen LogP contribution in [0, 0.1) is 13.8 Å². The van der Waals surface area contributed by atoms with Crippen LogP contribution in [0.25, 0.3) is 11.5 Å². The molecule has 1 aliphatic heterocycles. The maximum atomic E-state index is 5.53. The van der Waals surface area contributed by atoms with E-state index in [4.69, 9.17) is 4.52 Å². The van der Waals surface area contributed by atoms with Gasteiger partial charge in [0.15, 0.2) is 0 Å². The van der Waals surface area contributed by atoms with Crippen molar-refractivity contribution in [3.8, 4) is 11.5 Å². The van der Waals surface area contributed by atoms with Crippen molar-refractivity contribution in [2.24, 2.45) is 7.05 Å². The van der Waals surface area contributed by atoms with Crippen LogP contribution in [0.15, 0.2) is 22.9 Å². The van der Waals surface area contributed by atoms with Gasteiger partial charge in [-0.3, -0.25) is 9.67 Å². The van der Waals surface area contributed by atoms with Crippen molar-refractivity contribution in [1.82, 2.24) is 24.9 Å². The largest absolute Gasteiger partial charge is 0.370 e. The minimum absolute atomic E-state index is 0.122. The minimum atomic E-state index is 0.122. The van der Waals surface area contributed by atoms with E-state index in [1.165, 1.54) is 24.1 Å². The molecule has 7 heteroatoms. The molecule has 1 fully saturated rings. The van der Waals surface area contributed by atoms with E-state index >= 15 is 0 Å². The fraction of sp³-hybridized carbons (Fsp3) is 0.500. The molecule has 0 spiro atoms. The summed E-state index contributed by atoms with van der Waals surface area (Å²) >= 11 is 0. The lowest BCUT2D eigenvalue weighted by molar-refractivity contribution is 0.358. The third-order valence-electron chi connectivity index (χ3n) is 5.48. The number of hydrogen-bond donors (Lipinski definition) is 0. The molecule has 0 aliphatic carbocycles. The fourth-order valence-electron chi connectivity index (χ4n) is 3.73. The SMILES string of the molecule is Cc1nn(C)c(C)c1CC(C)c1nc(-c2ccc(N3CCCC3)cn2)no1. The number of hydrogen-bond acceptors (Lipinski definition) is 6. The Hall–Kier alpha value is -2.70. The number of anilines is 1. The molecule has 0 radical (unpaired) electrons. The second-order valence-corrected chi connectivity index (χ2v) is 7.43. The average Bonchev–Trinajstić information content (AvgIpc) is 3.40. The van der Waals surface area contributed by atoms with Crippen LogP contribution in [0.4, 0.5) is 5.69 Å². The summed E-state index contributed by atoms with van der Waals surface area (Å²) in [6, 6.07) is 4.07. The summed E-state index contributed by atoms with van der Waals surface area (Å²) in [5.74, 6) is 1.30. The summed E-state index contributed by atoms with van der Waals surface area (Å²) < 4.78 is 7.45. The monoisotopic (exact) mass is 366 g/mol. The first-order valence-corrected chi connectivity index (χ1v) is 9.57. The molecule has 7 nitrogen and oxygen atoms in total. The summed E-state index contributed by atoms with van der Waals surface area (Å²) in [5, 5.41) is 8.63. The van der Waals surface area contributed by atoms with Gasteiger partial charge in [-0.2, -0.15) is 10.1 Å². The highest BCUT2D eigenvalue weighted by atomic mass is 16.5. The van der Waals surface area contributed by atoms with Crippen molar-refractivity contribution in [2.75, 3.05) is 18.0 Å². The van der Waals surface area contributed by atoms with Gasteiger partial charge < -0.3 is 9.42 Å². The predicted octanol–water partition coefficient (Wildman–Crippen LogP) is 3.43. The molecular formula is C20H26N6O. The molecule has 0 N–H and O–H groups in total. The van der Waals surface area contributed by atoms with Crippen LogP contribution in [-0.2, 0) is 13.5 Å². The smallest absolute Gasteiger partial charge is 0.230 e. The molecule has 3 aromatic rings. The lowest BCUT2D eigenvalue weighted by Gasteiger charge is -2.16. The Labute approximate surface area is 159 Å². The third kappa shape index (κ3) is 3.46.